The SMILES string of the molecule is N#Cc1ccc(Cc2nc(-c3ccc(OC(N)=O)cc3)no2)c(F)c1. The quantitative estimate of drug-likeness (QED) is 0.782. The maximum absolute atomic E-state index is 13.9. The zero-order chi connectivity index (χ0) is 17.8. The summed E-state index contributed by atoms with van der Waals surface area (Å²) in [6.07, 6.45) is -0.799. The van der Waals surface area contributed by atoms with E-state index in [-0.39, 0.29) is 17.9 Å². The van der Waals surface area contributed by atoms with Gasteiger partial charge in [0.1, 0.15) is 11.6 Å². The third-order valence-corrected chi connectivity index (χ3v) is 3.32. The summed E-state index contributed by atoms with van der Waals surface area (Å²) < 4.78 is 23.8. The summed E-state index contributed by atoms with van der Waals surface area (Å²) in [6.45, 7) is 0. The second-order valence-electron chi connectivity index (χ2n) is 5.05. The van der Waals surface area contributed by atoms with Crippen LogP contribution >= 0.6 is 0 Å². The van der Waals surface area contributed by atoms with Crippen molar-refractivity contribution in [2.45, 2.75) is 6.42 Å². The van der Waals surface area contributed by atoms with Crippen LogP contribution in [0.4, 0.5) is 9.18 Å². The summed E-state index contributed by atoms with van der Waals surface area (Å²) in [6, 6.07) is 12.4. The molecule has 25 heavy (non-hydrogen) atoms. The molecule has 1 amide bonds. The van der Waals surface area contributed by atoms with Crippen molar-refractivity contribution in [2.75, 3.05) is 0 Å². The Morgan fingerprint density at radius 3 is 2.68 bits per heavy atom. The van der Waals surface area contributed by atoms with Gasteiger partial charge >= 0.3 is 6.09 Å². The van der Waals surface area contributed by atoms with Crippen LogP contribution in [0.15, 0.2) is 47.0 Å². The molecule has 7 nitrogen and oxygen atoms in total. The number of carbonyl (C=O) groups is 1. The molecule has 8 heteroatoms. The van der Waals surface area contributed by atoms with Gasteiger partial charge in [-0.3, -0.25) is 0 Å². The molecule has 0 aliphatic carbocycles. The van der Waals surface area contributed by atoms with Crippen molar-refractivity contribution in [3.63, 3.8) is 0 Å². The number of aromatic nitrogens is 2. The van der Waals surface area contributed by atoms with Gasteiger partial charge in [-0.15, -0.1) is 0 Å². The van der Waals surface area contributed by atoms with E-state index in [1.54, 1.807) is 12.1 Å². The number of rotatable bonds is 4. The van der Waals surface area contributed by atoms with E-state index >= 15 is 0 Å². The average molecular weight is 338 g/mol. The highest BCUT2D eigenvalue weighted by Gasteiger charge is 2.12. The van der Waals surface area contributed by atoms with E-state index < -0.39 is 11.9 Å². The predicted octanol–water partition coefficient (Wildman–Crippen LogP) is 2.80. The summed E-state index contributed by atoms with van der Waals surface area (Å²) in [5.41, 5.74) is 6.15. The highest BCUT2D eigenvalue weighted by molar-refractivity contribution is 5.68. The number of nitriles is 1. The molecule has 124 valence electrons. The predicted molar refractivity (Wildman–Crippen MR) is 83.9 cm³/mol. The molecule has 0 spiro atoms. The van der Waals surface area contributed by atoms with Crippen LogP contribution in [0.5, 0.6) is 5.75 Å². The average Bonchev–Trinajstić information content (AvgIpc) is 3.05. The molecule has 3 rings (SSSR count). The minimum atomic E-state index is -0.904. The van der Waals surface area contributed by atoms with E-state index in [9.17, 15) is 9.18 Å². The fourth-order valence-corrected chi connectivity index (χ4v) is 2.16. The van der Waals surface area contributed by atoms with Gasteiger partial charge in [0.05, 0.1) is 18.1 Å². The Morgan fingerprint density at radius 2 is 2.04 bits per heavy atom. The molecule has 2 aromatic carbocycles. The lowest BCUT2D eigenvalue weighted by molar-refractivity contribution is 0.211. The minimum Gasteiger partial charge on any atom is -0.411 e. The van der Waals surface area contributed by atoms with Gasteiger partial charge in [0.15, 0.2) is 0 Å². The molecule has 2 N–H and O–H groups in total. The summed E-state index contributed by atoms with van der Waals surface area (Å²) in [4.78, 5) is 14.9. The minimum absolute atomic E-state index is 0.105. The summed E-state index contributed by atoms with van der Waals surface area (Å²) in [5, 5.41) is 12.6. The van der Waals surface area contributed by atoms with Gasteiger partial charge in [0, 0.05) is 5.56 Å². The van der Waals surface area contributed by atoms with Gasteiger partial charge in [-0.1, -0.05) is 11.2 Å². The molecule has 0 fully saturated rings. The van der Waals surface area contributed by atoms with Gasteiger partial charge in [-0.2, -0.15) is 10.2 Å². The number of halogens is 1. The monoisotopic (exact) mass is 338 g/mol. The Kier molecular flexibility index (Phi) is 4.39. The van der Waals surface area contributed by atoms with Gasteiger partial charge < -0.3 is 15.0 Å². The lowest BCUT2D eigenvalue weighted by atomic mass is 10.1. The van der Waals surface area contributed by atoms with E-state index in [0.29, 0.717) is 22.7 Å². The standard InChI is InChI=1S/C17H11FN4O3/c18-14-7-10(9-19)1-2-12(14)8-15-21-16(22-25-15)11-3-5-13(6-4-11)24-17(20)23/h1-7H,8H2,(H2,20,23). The molecule has 3 aromatic rings. The van der Waals surface area contributed by atoms with E-state index in [1.807, 2.05) is 6.07 Å². The van der Waals surface area contributed by atoms with Crippen LogP contribution in [0.2, 0.25) is 0 Å². The molecule has 1 heterocycles. The summed E-state index contributed by atoms with van der Waals surface area (Å²) in [7, 11) is 0. The van der Waals surface area contributed by atoms with Crippen LogP contribution in [0, 0.1) is 17.1 Å². The number of benzene rings is 2. The molecule has 0 unspecified atom stereocenters. The smallest absolute Gasteiger partial charge is 0.409 e. The van der Waals surface area contributed by atoms with E-state index in [1.165, 1.54) is 24.3 Å². The van der Waals surface area contributed by atoms with Gasteiger partial charge in [-0.25, -0.2) is 9.18 Å². The third-order valence-electron chi connectivity index (χ3n) is 3.32. The number of nitrogens with two attached hydrogens (primary N) is 1. The van der Waals surface area contributed by atoms with Gasteiger partial charge in [0.2, 0.25) is 11.7 Å². The maximum atomic E-state index is 13.9. The third kappa shape index (κ3) is 3.79. The molecule has 0 saturated heterocycles. The van der Waals surface area contributed by atoms with Crippen LogP contribution in [0.1, 0.15) is 17.0 Å². The number of amides is 1. The van der Waals surface area contributed by atoms with Gasteiger partial charge in [-0.05, 0) is 42.0 Å². The zero-order valence-corrected chi connectivity index (χ0v) is 12.8. The number of nitrogens with zero attached hydrogens (tertiary/aromatic N) is 3. The Balaban J connectivity index is 1.76. The van der Waals surface area contributed by atoms with Crippen molar-refractivity contribution >= 4 is 6.09 Å². The molecular weight excluding hydrogens is 327 g/mol. The number of ether oxygens (including phenoxy) is 1. The molecular formula is C17H11FN4O3. The molecule has 1 aromatic heterocycles. The van der Waals surface area contributed by atoms with Crippen LogP contribution < -0.4 is 10.5 Å². The Bertz CT molecular complexity index is 961. The number of hydrogen-bond acceptors (Lipinski definition) is 6. The Labute approximate surface area is 141 Å². The van der Waals surface area contributed by atoms with Crippen LogP contribution in [0.3, 0.4) is 0 Å². The van der Waals surface area contributed by atoms with Crippen LogP contribution in [0.25, 0.3) is 11.4 Å². The normalized spacial score (nSPS) is 10.2. The van der Waals surface area contributed by atoms with Crippen molar-refractivity contribution in [1.82, 2.24) is 10.1 Å². The van der Waals surface area contributed by atoms with Crippen molar-refractivity contribution in [3.8, 4) is 23.2 Å². The molecule has 0 atom stereocenters. The van der Waals surface area contributed by atoms with E-state index in [2.05, 4.69) is 10.1 Å². The lowest BCUT2D eigenvalue weighted by Crippen LogP contribution is -2.16. The Morgan fingerprint density at radius 1 is 1.28 bits per heavy atom. The molecule has 0 aliphatic rings. The van der Waals surface area contributed by atoms with Crippen molar-refractivity contribution < 1.29 is 18.4 Å². The van der Waals surface area contributed by atoms with Crippen molar-refractivity contribution in [2.24, 2.45) is 5.73 Å². The summed E-state index contributed by atoms with van der Waals surface area (Å²) >= 11 is 0. The van der Waals surface area contributed by atoms with Crippen molar-refractivity contribution in [1.29, 1.82) is 5.26 Å². The van der Waals surface area contributed by atoms with Gasteiger partial charge in [0.25, 0.3) is 0 Å². The Hall–Kier alpha value is -3.73. The number of primary amides is 1. The van der Waals surface area contributed by atoms with E-state index in [4.69, 9.17) is 20.3 Å². The molecule has 0 radical (unpaired) electrons. The topological polar surface area (TPSA) is 115 Å². The molecule has 0 saturated carbocycles. The van der Waals surface area contributed by atoms with Crippen LogP contribution in [-0.4, -0.2) is 16.2 Å². The number of carbonyl (C=O) groups excluding carboxylic acids is 1. The van der Waals surface area contributed by atoms with E-state index in [0.717, 1.165) is 6.07 Å². The molecule has 0 bridgehead atoms. The second kappa shape index (κ2) is 6.80. The fraction of sp³-hybridized carbons (Fsp3) is 0.0588. The number of hydrogen-bond donors (Lipinski definition) is 1. The zero-order valence-electron chi connectivity index (χ0n) is 12.8. The first kappa shape index (κ1) is 16.1. The highest BCUT2D eigenvalue weighted by Crippen LogP contribution is 2.21. The lowest BCUT2D eigenvalue weighted by Gasteiger charge is -2.00. The van der Waals surface area contributed by atoms with Crippen LogP contribution in [-0.2, 0) is 6.42 Å². The maximum Gasteiger partial charge on any atom is 0.409 e. The molecule has 0 aliphatic heterocycles. The first-order valence-electron chi connectivity index (χ1n) is 7.14. The first-order chi connectivity index (χ1) is 12.0. The highest BCUT2D eigenvalue weighted by atomic mass is 19.1. The fourth-order valence-electron chi connectivity index (χ4n) is 2.16. The van der Waals surface area contributed by atoms with Crippen molar-refractivity contribution in [3.05, 3.63) is 65.3 Å². The first-order valence-corrected chi connectivity index (χ1v) is 7.14. The largest absolute Gasteiger partial charge is 0.411 e. The second-order valence-corrected chi connectivity index (χ2v) is 5.05. The summed E-state index contributed by atoms with van der Waals surface area (Å²) in [5.74, 6) is 0.331.